The number of alkyl carbamates (subject to hydrolysis) is 1. The van der Waals surface area contributed by atoms with Gasteiger partial charge in [-0.25, -0.2) is 9.59 Å². The van der Waals surface area contributed by atoms with Crippen molar-refractivity contribution in [1.82, 2.24) is 10.6 Å². The van der Waals surface area contributed by atoms with E-state index in [4.69, 9.17) is 4.74 Å². The lowest BCUT2D eigenvalue weighted by Crippen LogP contribution is -2.52. The molecule has 0 aromatic heterocycles. The van der Waals surface area contributed by atoms with Crippen LogP contribution in [0, 0.1) is 10.8 Å². The number of ether oxygens (including phenoxy) is 1. The maximum Gasteiger partial charge on any atom is 0.407 e. The van der Waals surface area contributed by atoms with Gasteiger partial charge in [-0.05, 0) is 33.1 Å². The highest BCUT2D eigenvalue weighted by Gasteiger charge is 2.35. The summed E-state index contributed by atoms with van der Waals surface area (Å²) in [6.45, 7) is 11.2. The topological polar surface area (TPSA) is 105 Å². The van der Waals surface area contributed by atoms with Crippen LogP contribution in [-0.2, 0) is 14.3 Å². The Morgan fingerprint density at radius 3 is 1.83 bits per heavy atom. The first-order chi connectivity index (χ1) is 16.3. The van der Waals surface area contributed by atoms with Crippen molar-refractivity contribution in [3.05, 3.63) is 59.7 Å². The van der Waals surface area contributed by atoms with Crippen LogP contribution in [0.5, 0.6) is 0 Å². The first kappa shape index (κ1) is 26.3. The van der Waals surface area contributed by atoms with Gasteiger partial charge in [-0.3, -0.25) is 4.79 Å². The van der Waals surface area contributed by atoms with E-state index in [1.165, 1.54) is 0 Å². The highest BCUT2D eigenvalue weighted by Crippen LogP contribution is 2.44. The first-order valence-corrected chi connectivity index (χ1v) is 11.9. The number of amides is 2. The Balaban J connectivity index is 1.66. The summed E-state index contributed by atoms with van der Waals surface area (Å²) < 4.78 is 5.64. The summed E-state index contributed by atoms with van der Waals surface area (Å²) in [4.78, 5) is 37.1. The summed E-state index contributed by atoms with van der Waals surface area (Å²) >= 11 is 0. The monoisotopic (exact) mass is 480 g/mol. The molecular formula is C28H36N2O5. The highest BCUT2D eigenvalue weighted by molar-refractivity contribution is 5.85. The average molecular weight is 481 g/mol. The van der Waals surface area contributed by atoms with Gasteiger partial charge in [0.2, 0.25) is 5.91 Å². The van der Waals surface area contributed by atoms with Crippen LogP contribution in [0.25, 0.3) is 11.1 Å². The zero-order valence-corrected chi connectivity index (χ0v) is 21.3. The van der Waals surface area contributed by atoms with Crippen LogP contribution >= 0.6 is 0 Å². The van der Waals surface area contributed by atoms with Gasteiger partial charge in [0.25, 0.3) is 0 Å². The van der Waals surface area contributed by atoms with Gasteiger partial charge >= 0.3 is 12.1 Å². The molecule has 35 heavy (non-hydrogen) atoms. The van der Waals surface area contributed by atoms with E-state index < -0.39 is 40.9 Å². The van der Waals surface area contributed by atoms with Crippen molar-refractivity contribution in [2.45, 2.75) is 66.0 Å². The molecule has 7 heteroatoms. The normalized spacial score (nSPS) is 14.9. The molecule has 2 aromatic rings. The van der Waals surface area contributed by atoms with Gasteiger partial charge < -0.3 is 20.5 Å². The predicted octanol–water partition coefficient (Wildman–Crippen LogP) is 4.95. The Kier molecular flexibility index (Phi) is 7.58. The smallest absolute Gasteiger partial charge is 0.407 e. The number of hydrogen-bond acceptors (Lipinski definition) is 4. The van der Waals surface area contributed by atoms with E-state index in [0.29, 0.717) is 0 Å². The van der Waals surface area contributed by atoms with Crippen molar-refractivity contribution in [2.75, 3.05) is 6.61 Å². The molecule has 0 radical (unpaired) electrons. The molecule has 0 heterocycles. The number of aliphatic carboxylic acids is 1. The fourth-order valence-electron chi connectivity index (χ4n) is 4.41. The maximum absolute atomic E-state index is 12.8. The second-order valence-corrected chi connectivity index (χ2v) is 11.3. The van der Waals surface area contributed by atoms with Gasteiger partial charge in [-0.1, -0.05) is 90.1 Å². The van der Waals surface area contributed by atoms with Gasteiger partial charge in [-0.15, -0.1) is 0 Å². The highest BCUT2D eigenvalue weighted by atomic mass is 16.5. The zero-order valence-electron chi connectivity index (χ0n) is 21.3. The number of carbonyl (C=O) groups is 3. The molecule has 0 saturated carbocycles. The van der Waals surface area contributed by atoms with Crippen molar-refractivity contribution in [2.24, 2.45) is 10.8 Å². The summed E-state index contributed by atoms with van der Waals surface area (Å²) in [7, 11) is 0. The number of hydrogen-bond donors (Lipinski definition) is 3. The molecule has 2 amide bonds. The van der Waals surface area contributed by atoms with E-state index in [9.17, 15) is 19.5 Å². The number of carboxylic acids is 1. The van der Waals surface area contributed by atoms with Crippen LogP contribution in [0.4, 0.5) is 4.79 Å². The Labute approximate surface area is 207 Å². The van der Waals surface area contributed by atoms with Crippen LogP contribution in [0.15, 0.2) is 48.5 Å². The van der Waals surface area contributed by atoms with Crippen molar-refractivity contribution in [3.63, 3.8) is 0 Å². The lowest BCUT2D eigenvalue weighted by molar-refractivity contribution is -0.145. The molecule has 0 saturated heterocycles. The van der Waals surface area contributed by atoms with Crippen molar-refractivity contribution in [3.8, 4) is 11.1 Å². The third kappa shape index (κ3) is 6.21. The second kappa shape index (κ2) is 10.1. The SMILES string of the molecule is CC(C)(C)C(CC(=O)N[C@@H](C(=O)O)C(C)(C)C)NC(=O)OCC1c2ccccc2-c2ccccc21. The fraction of sp³-hybridized carbons (Fsp3) is 0.464. The number of carbonyl (C=O) groups excluding carboxylic acids is 2. The molecule has 0 aliphatic heterocycles. The second-order valence-electron chi connectivity index (χ2n) is 11.3. The lowest BCUT2D eigenvalue weighted by Gasteiger charge is -2.32. The Bertz CT molecular complexity index is 1050. The molecule has 0 fully saturated rings. The van der Waals surface area contributed by atoms with Gasteiger partial charge in [0, 0.05) is 18.4 Å². The standard InChI is InChI=1S/C28H36N2O5/c1-27(2,3)22(15-23(31)30-24(25(32)33)28(4,5)6)29-26(34)35-16-21-19-13-9-7-11-17(19)18-12-8-10-14-20(18)21/h7-14,21-22,24H,15-16H2,1-6H3,(H,29,34)(H,30,31)(H,32,33)/t22?,24-/m0/s1. The molecule has 0 spiro atoms. The van der Waals surface area contributed by atoms with Gasteiger partial charge in [0.1, 0.15) is 12.6 Å². The maximum atomic E-state index is 12.8. The van der Waals surface area contributed by atoms with E-state index in [0.717, 1.165) is 22.3 Å². The minimum atomic E-state index is -1.09. The molecule has 3 N–H and O–H groups in total. The average Bonchev–Trinajstić information content (AvgIpc) is 3.08. The lowest BCUT2D eigenvalue weighted by atomic mass is 9.83. The largest absolute Gasteiger partial charge is 0.480 e. The summed E-state index contributed by atoms with van der Waals surface area (Å²) in [6.07, 6.45) is -0.668. The molecule has 0 bridgehead atoms. The zero-order chi connectivity index (χ0) is 26.0. The predicted molar refractivity (Wildman–Crippen MR) is 135 cm³/mol. The summed E-state index contributed by atoms with van der Waals surface area (Å²) in [5.74, 6) is -1.60. The van der Waals surface area contributed by atoms with E-state index in [1.54, 1.807) is 20.8 Å². The minimum Gasteiger partial charge on any atom is -0.480 e. The molecule has 2 aromatic carbocycles. The van der Waals surface area contributed by atoms with Crippen LogP contribution in [0.3, 0.4) is 0 Å². The number of rotatable bonds is 7. The molecule has 188 valence electrons. The molecule has 3 rings (SSSR count). The fourth-order valence-corrected chi connectivity index (χ4v) is 4.41. The van der Waals surface area contributed by atoms with Crippen LogP contribution < -0.4 is 10.6 Å². The number of nitrogens with one attached hydrogen (secondary N) is 2. The summed E-state index contributed by atoms with van der Waals surface area (Å²) in [5, 5.41) is 14.9. The Morgan fingerprint density at radius 2 is 1.37 bits per heavy atom. The molecular weight excluding hydrogens is 444 g/mol. The summed E-state index contributed by atoms with van der Waals surface area (Å²) in [5.41, 5.74) is 3.43. The number of benzene rings is 2. The minimum absolute atomic E-state index is 0.0619. The van der Waals surface area contributed by atoms with Gasteiger partial charge in [-0.2, -0.15) is 0 Å². The quantitative estimate of drug-likeness (QED) is 0.520. The van der Waals surface area contributed by atoms with E-state index >= 15 is 0 Å². The van der Waals surface area contributed by atoms with Crippen LogP contribution in [0.2, 0.25) is 0 Å². The van der Waals surface area contributed by atoms with Crippen molar-refractivity contribution in [1.29, 1.82) is 0 Å². The van der Waals surface area contributed by atoms with Crippen LogP contribution in [0.1, 0.15) is 65.0 Å². The third-order valence-corrected chi connectivity index (χ3v) is 6.49. The van der Waals surface area contributed by atoms with Crippen molar-refractivity contribution < 1.29 is 24.2 Å². The summed E-state index contributed by atoms with van der Waals surface area (Å²) in [6, 6.07) is 14.6. The van der Waals surface area contributed by atoms with Gasteiger partial charge in [0.05, 0.1) is 0 Å². The van der Waals surface area contributed by atoms with Crippen molar-refractivity contribution >= 4 is 18.0 Å². The third-order valence-electron chi connectivity index (χ3n) is 6.49. The molecule has 7 nitrogen and oxygen atoms in total. The number of fused-ring (bicyclic) bond motifs is 3. The molecule has 1 aliphatic carbocycles. The van der Waals surface area contributed by atoms with E-state index in [1.807, 2.05) is 45.0 Å². The molecule has 1 aliphatic rings. The molecule has 1 unspecified atom stereocenters. The van der Waals surface area contributed by atoms with Crippen LogP contribution in [-0.4, -0.2) is 41.8 Å². The van der Waals surface area contributed by atoms with Gasteiger partial charge in [0.15, 0.2) is 0 Å². The molecule has 2 atom stereocenters. The Hall–Kier alpha value is -3.35. The number of carboxylic acid groups (broad SMARTS) is 1. The first-order valence-electron chi connectivity index (χ1n) is 11.9. The Morgan fingerprint density at radius 1 is 0.857 bits per heavy atom. The van der Waals surface area contributed by atoms with E-state index in [2.05, 4.69) is 34.9 Å². The van der Waals surface area contributed by atoms with E-state index in [-0.39, 0.29) is 18.9 Å².